The van der Waals surface area contributed by atoms with Crippen molar-refractivity contribution in [1.29, 1.82) is 0 Å². The number of nitrogens with zero attached hydrogens (tertiary/aromatic N) is 1. The minimum atomic E-state index is -3.35. The topological polar surface area (TPSA) is 89.4 Å². The zero-order valence-corrected chi connectivity index (χ0v) is 11.5. The van der Waals surface area contributed by atoms with Gasteiger partial charge >= 0.3 is 0 Å². The molecule has 0 spiro atoms. The van der Waals surface area contributed by atoms with Crippen LogP contribution in [0, 0.1) is 0 Å². The van der Waals surface area contributed by atoms with Crippen molar-refractivity contribution in [3.05, 3.63) is 0 Å². The summed E-state index contributed by atoms with van der Waals surface area (Å²) in [7, 11) is -3.35. The minimum absolute atomic E-state index is 0.0511. The van der Waals surface area contributed by atoms with Crippen LogP contribution in [-0.4, -0.2) is 44.2 Å². The van der Waals surface area contributed by atoms with Gasteiger partial charge in [-0.1, -0.05) is 6.92 Å². The molecule has 0 saturated heterocycles. The molecule has 102 valence electrons. The van der Waals surface area contributed by atoms with E-state index >= 15 is 0 Å². The fraction of sp³-hybridized carbons (Fsp3) is 1.00. The SMILES string of the molecule is CCCN(CCS(N)(=O)=O)C1CCC(N)CC1. The van der Waals surface area contributed by atoms with E-state index in [2.05, 4.69) is 11.8 Å². The summed E-state index contributed by atoms with van der Waals surface area (Å²) in [5, 5.41) is 5.06. The fourth-order valence-corrected chi connectivity index (χ4v) is 2.96. The van der Waals surface area contributed by atoms with Crippen LogP contribution in [0.1, 0.15) is 39.0 Å². The summed E-state index contributed by atoms with van der Waals surface area (Å²) in [6, 6.07) is 0.810. The summed E-state index contributed by atoms with van der Waals surface area (Å²) in [6.07, 6.45) is 5.27. The highest BCUT2D eigenvalue weighted by Gasteiger charge is 2.24. The van der Waals surface area contributed by atoms with Gasteiger partial charge in [0.15, 0.2) is 0 Å². The van der Waals surface area contributed by atoms with Gasteiger partial charge in [0.05, 0.1) is 5.75 Å². The smallest absolute Gasteiger partial charge is 0.210 e. The normalized spacial score (nSPS) is 26.4. The summed E-state index contributed by atoms with van der Waals surface area (Å²) in [5.74, 6) is 0.0511. The van der Waals surface area contributed by atoms with Crippen LogP contribution >= 0.6 is 0 Å². The minimum Gasteiger partial charge on any atom is -0.328 e. The third-order valence-corrected chi connectivity index (χ3v) is 4.18. The molecule has 6 heteroatoms. The van der Waals surface area contributed by atoms with E-state index in [1.165, 1.54) is 0 Å². The molecule has 0 amide bonds. The predicted octanol–water partition coefficient (Wildman–Crippen LogP) is 0.257. The Labute approximate surface area is 105 Å². The van der Waals surface area contributed by atoms with Crippen LogP contribution in [0.3, 0.4) is 0 Å². The monoisotopic (exact) mass is 263 g/mol. The van der Waals surface area contributed by atoms with Gasteiger partial charge in [0.2, 0.25) is 10.0 Å². The summed E-state index contributed by atoms with van der Waals surface area (Å²) >= 11 is 0. The van der Waals surface area contributed by atoms with Gasteiger partial charge in [-0.25, -0.2) is 13.6 Å². The molecule has 0 aromatic heterocycles. The summed E-state index contributed by atoms with van der Waals surface area (Å²) in [5.41, 5.74) is 5.88. The van der Waals surface area contributed by atoms with E-state index in [4.69, 9.17) is 10.9 Å². The zero-order valence-electron chi connectivity index (χ0n) is 10.6. The highest BCUT2D eigenvalue weighted by atomic mass is 32.2. The van der Waals surface area contributed by atoms with Gasteiger partial charge in [-0.3, -0.25) is 4.90 Å². The average Bonchev–Trinajstić information content (AvgIpc) is 2.24. The Morgan fingerprint density at radius 2 is 1.76 bits per heavy atom. The van der Waals surface area contributed by atoms with Crippen LogP contribution in [0.4, 0.5) is 0 Å². The zero-order chi connectivity index (χ0) is 12.9. The summed E-state index contributed by atoms with van der Waals surface area (Å²) in [4.78, 5) is 2.26. The van der Waals surface area contributed by atoms with Crippen molar-refractivity contribution in [2.75, 3.05) is 18.8 Å². The van der Waals surface area contributed by atoms with Gasteiger partial charge in [0.1, 0.15) is 0 Å². The van der Waals surface area contributed by atoms with Crippen LogP contribution in [-0.2, 0) is 10.0 Å². The van der Waals surface area contributed by atoms with Crippen molar-refractivity contribution in [1.82, 2.24) is 4.90 Å². The first kappa shape index (κ1) is 14.9. The van der Waals surface area contributed by atoms with Crippen LogP contribution in [0.5, 0.6) is 0 Å². The summed E-state index contributed by atoms with van der Waals surface area (Å²) < 4.78 is 22.0. The molecule has 5 nitrogen and oxygen atoms in total. The third kappa shape index (κ3) is 5.81. The number of sulfonamides is 1. The van der Waals surface area contributed by atoms with E-state index in [9.17, 15) is 8.42 Å². The molecule has 0 heterocycles. The Morgan fingerprint density at radius 3 is 2.24 bits per heavy atom. The van der Waals surface area contributed by atoms with Gasteiger partial charge in [-0.05, 0) is 38.6 Å². The number of primary sulfonamides is 1. The first-order valence-corrected chi connectivity index (χ1v) is 8.14. The maximum absolute atomic E-state index is 11.0. The molecular formula is C11H25N3O2S. The van der Waals surface area contributed by atoms with Gasteiger partial charge in [-0.2, -0.15) is 0 Å². The molecule has 4 N–H and O–H groups in total. The van der Waals surface area contributed by atoms with Crippen molar-refractivity contribution in [3.8, 4) is 0 Å². The van der Waals surface area contributed by atoms with Gasteiger partial charge in [0, 0.05) is 18.6 Å². The number of hydrogen-bond donors (Lipinski definition) is 2. The largest absolute Gasteiger partial charge is 0.328 e. The quantitative estimate of drug-likeness (QED) is 0.719. The Balaban J connectivity index is 2.47. The van der Waals surface area contributed by atoms with Crippen molar-refractivity contribution in [2.24, 2.45) is 10.9 Å². The van der Waals surface area contributed by atoms with E-state index in [-0.39, 0.29) is 5.75 Å². The lowest BCUT2D eigenvalue weighted by molar-refractivity contribution is 0.158. The molecule has 1 aliphatic carbocycles. The molecule has 0 bridgehead atoms. The van der Waals surface area contributed by atoms with E-state index in [0.29, 0.717) is 18.6 Å². The lowest BCUT2D eigenvalue weighted by Gasteiger charge is -2.35. The first-order valence-electron chi connectivity index (χ1n) is 6.42. The molecule has 0 aliphatic heterocycles. The van der Waals surface area contributed by atoms with Gasteiger partial charge in [-0.15, -0.1) is 0 Å². The predicted molar refractivity (Wildman–Crippen MR) is 70.1 cm³/mol. The third-order valence-electron chi connectivity index (χ3n) is 3.43. The fourth-order valence-electron chi connectivity index (χ4n) is 2.48. The molecule has 1 aliphatic rings. The number of rotatable bonds is 6. The highest BCUT2D eigenvalue weighted by molar-refractivity contribution is 7.89. The van der Waals surface area contributed by atoms with E-state index < -0.39 is 10.0 Å². The Hall–Kier alpha value is -0.170. The Bertz CT molecular complexity index is 311. The molecule has 0 aromatic carbocycles. The number of hydrogen-bond acceptors (Lipinski definition) is 4. The standard InChI is InChI=1S/C11H25N3O2S/c1-2-7-14(8-9-17(13,15)16)11-5-3-10(12)4-6-11/h10-11H,2-9,12H2,1H3,(H2,13,15,16). The lowest BCUT2D eigenvalue weighted by Crippen LogP contribution is -2.43. The molecular weight excluding hydrogens is 238 g/mol. The van der Waals surface area contributed by atoms with Crippen LogP contribution in [0.15, 0.2) is 0 Å². The average molecular weight is 263 g/mol. The maximum atomic E-state index is 11.0. The van der Waals surface area contributed by atoms with E-state index in [1.807, 2.05) is 0 Å². The maximum Gasteiger partial charge on any atom is 0.210 e. The van der Waals surface area contributed by atoms with E-state index in [1.54, 1.807) is 0 Å². The second kappa shape index (κ2) is 6.68. The first-order chi connectivity index (χ1) is 7.92. The van der Waals surface area contributed by atoms with Crippen LogP contribution in [0.2, 0.25) is 0 Å². The number of nitrogens with two attached hydrogens (primary N) is 2. The van der Waals surface area contributed by atoms with Crippen molar-refractivity contribution < 1.29 is 8.42 Å². The van der Waals surface area contributed by atoms with Gasteiger partial charge in [0.25, 0.3) is 0 Å². The highest BCUT2D eigenvalue weighted by Crippen LogP contribution is 2.22. The summed E-state index contributed by atoms with van der Waals surface area (Å²) in [6.45, 7) is 3.60. The molecule has 0 aromatic rings. The van der Waals surface area contributed by atoms with Crippen molar-refractivity contribution in [2.45, 2.75) is 51.1 Å². The second-order valence-electron chi connectivity index (χ2n) is 4.97. The molecule has 0 radical (unpaired) electrons. The molecule has 1 rings (SSSR count). The van der Waals surface area contributed by atoms with Crippen LogP contribution in [0.25, 0.3) is 0 Å². The molecule has 17 heavy (non-hydrogen) atoms. The van der Waals surface area contributed by atoms with Gasteiger partial charge < -0.3 is 5.73 Å². The molecule has 0 atom stereocenters. The second-order valence-corrected chi connectivity index (χ2v) is 6.71. The van der Waals surface area contributed by atoms with Crippen LogP contribution < -0.4 is 10.9 Å². The lowest BCUT2D eigenvalue weighted by atomic mass is 9.90. The Kier molecular flexibility index (Phi) is 5.85. The van der Waals surface area contributed by atoms with E-state index in [0.717, 1.165) is 38.6 Å². The molecule has 0 unspecified atom stereocenters. The Morgan fingerprint density at radius 1 is 1.18 bits per heavy atom. The molecule has 1 fully saturated rings. The van der Waals surface area contributed by atoms with Crippen molar-refractivity contribution in [3.63, 3.8) is 0 Å². The molecule has 1 saturated carbocycles. The van der Waals surface area contributed by atoms with Crippen molar-refractivity contribution >= 4 is 10.0 Å².